The summed E-state index contributed by atoms with van der Waals surface area (Å²) in [6.45, 7) is 3.91. The van der Waals surface area contributed by atoms with E-state index in [0.717, 1.165) is 51.4 Å². The maximum atomic E-state index is 14.3. The molecule has 1 N–H and O–H groups in total. The van der Waals surface area contributed by atoms with Crippen molar-refractivity contribution in [2.75, 3.05) is 39.5 Å². The van der Waals surface area contributed by atoms with Gasteiger partial charge in [-0.2, -0.15) is 0 Å². The first-order valence-corrected chi connectivity index (χ1v) is 10.3. The summed E-state index contributed by atoms with van der Waals surface area (Å²) >= 11 is 0. The molecule has 2 saturated heterocycles. The average Bonchev–Trinajstić information content (AvgIpc) is 2.77. The Morgan fingerprint density at radius 2 is 1.83 bits per heavy atom. The van der Waals surface area contributed by atoms with Crippen LogP contribution < -0.4 is 4.74 Å². The number of piperidine rings is 1. The van der Waals surface area contributed by atoms with Crippen molar-refractivity contribution in [3.8, 4) is 5.75 Å². The minimum Gasteiger partial charge on any atom is -0.493 e. The van der Waals surface area contributed by atoms with Gasteiger partial charge < -0.3 is 14.7 Å². The lowest BCUT2D eigenvalue weighted by molar-refractivity contribution is 0.0387. The summed E-state index contributed by atoms with van der Waals surface area (Å²) in [5, 5.41) is 9.38. The van der Waals surface area contributed by atoms with Gasteiger partial charge in [0.25, 0.3) is 0 Å². The minimum absolute atomic E-state index is 0.302. The van der Waals surface area contributed by atoms with Crippen molar-refractivity contribution in [2.24, 2.45) is 10.9 Å². The van der Waals surface area contributed by atoms with Gasteiger partial charge in [0.05, 0.1) is 12.2 Å². The molecule has 1 unspecified atom stereocenters. The molecule has 0 spiro atoms. The molecule has 4 rings (SSSR count). The molecule has 6 heteroatoms. The summed E-state index contributed by atoms with van der Waals surface area (Å²) in [4.78, 5) is 8.86. The Labute approximate surface area is 171 Å². The Morgan fingerprint density at radius 1 is 1.03 bits per heavy atom. The molecule has 0 aromatic heterocycles. The number of para-hydroxylation sites is 1. The lowest BCUT2D eigenvalue weighted by atomic mass is 9.91. The van der Waals surface area contributed by atoms with E-state index >= 15 is 0 Å². The molecule has 0 saturated carbocycles. The second-order valence-corrected chi connectivity index (χ2v) is 7.77. The molecule has 2 aliphatic heterocycles. The molecule has 0 amide bonds. The zero-order chi connectivity index (χ0) is 20.1. The van der Waals surface area contributed by atoms with E-state index in [9.17, 15) is 9.50 Å². The molecular weight excluding hydrogens is 369 g/mol. The lowest BCUT2D eigenvalue weighted by Gasteiger charge is -2.47. The van der Waals surface area contributed by atoms with Crippen LogP contribution in [0.2, 0.25) is 0 Å². The predicted octanol–water partition coefficient (Wildman–Crippen LogP) is 3.00. The van der Waals surface area contributed by atoms with E-state index in [4.69, 9.17) is 4.74 Å². The zero-order valence-corrected chi connectivity index (χ0v) is 16.6. The number of aliphatic imine (C=N–C) groups is 1. The number of aliphatic hydroxyl groups excluding tert-OH is 1. The van der Waals surface area contributed by atoms with Crippen LogP contribution in [0.1, 0.15) is 18.4 Å². The van der Waals surface area contributed by atoms with Gasteiger partial charge in [-0.05, 0) is 37.1 Å². The number of hydrogen-bond donors (Lipinski definition) is 1. The molecule has 154 valence electrons. The molecule has 2 aromatic rings. The molecule has 2 aromatic carbocycles. The number of amidine groups is 1. The summed E-state index contributed by atoms with van der Waals surface area (Å²) in [7, 11) is 0. The van der Waals surface area contributed by atoms with Crippen LogP contribution in [0.3, 0.4) is 0 Å². The van der Waals surface area contributed by atoms with Crippen LogP contribution >= 0.6 is 0 Å². The first kappa shape index (κ1) is 19.9. The third-order valence-electron chi connectivity index (χ3n) is 5.87. The third-order valence-corrected chi connectivity index (χ3v) is 5.87. The SMILES string of the molecule is OC/N=C(\c1ccccc1F)N1CCN2CC(COc3ccccc3)CC[C@H]2C1. The summed E-state index contributed by atoms with van der Waals surface area (Å²) in [5.74, 6) is 1.70. The van der Waals surface area contributed by atoms with Crippen LogP contribution in [0, 0.1) is 11.7 Å². The first-order valence-electron chi connectivity index (χ1n) is 10.3. The van der Waals surface area contributed by atoms with Crippen molar-refractivity contribution in [3.05, 3.63) is 66.0 Å². The van der Waals surface area contributed by atoms with Gasteiger partial charge in [-0.15, -0.1) is 0 Å². The monoisotopic (exact) mass is 397 g/mol. The highest BCUT2D eigenvalue weighted by Crippen LogP contribution is 2.27. The molecule has 2 heterocycles. The Hall–Kier alpha value is -2.44. The fourth-order valence-electron chi connectivity index (χ4n) is 4.38. The van der Waals surface area contributed by atoms with Gasteiger partial charge in [-0.25, -0.2) is 9.38 Å². The molecular formula is C23H28FN3O2. The van der Waals surface area contributed by atoms with E-state index in [2.05, 4.69) is 14.8 Å². The summed E-state index contributed by atoms with van der Waals surface area (Å²) in [6.07, 6.45) is 2.21. The third kappa shape index (κ3) is 4.77. The van der Waals surface area contributed by atoms with Crippen LogP contribution in [0.5, 0.6) is 5.75 Å². The van der Waals surface area contributed by atoms with Crippen molar-refractivity contribution < 1.29 is 14.2 Å². The van der Waals surface area contributed by atoms with E-state index in [1.807, 2.05) is 30.3 Å². The predicted molar refractivity (Wildman–Crippen MR) is 112 cm³/mol. The quantitative estimate of drug-likeness (QED) is 0.623. The number of nitrogens with zero attached hydrogens (tertiary/aromatic N) is 3. The maximum absolute atomic E-state index is 14.3. The number of halogens is 1. The van der Waals surface area contributed by atoms with Crippen molar-refractivity contribution in [2.45, 2.75) is 18.9 Å². The fraction of sp³-hybridized carbons (Fsp3) is 0.435. The standard InChI is InChI=1S/C23H28FN3O2/c24-22-9-5-4-8-21(22)23(25-17-28)27-13-12-26-14-18(10-11-19(26)15-27)16-29-20-6-2-1-3-7-20/h1-9,18-19,28H,10-17H2/b25-23+/t18?,19-/m0/s1. The van der Waals surface area contributed by atoms with Crippen molar-refractivity contribution >= 4 is 5.84 Å². The number of benzene rings is 2. The highest BCUT2D eigenvalue weighted by Gasteiger charge is 2.34. The van der Waals surface area contributed by atoms with Crippen LogP contribution in [0.25, 0.3) is 0 Å². The second kappa shape index (κ2) is 9.37. The highest BCUT2D eigenvalue weighted by molar-refractivity contribution is 5.99. The highest BCUT2D eigenvalue weighted by atomic mass is 19.1. The van der Waals surface area contributed by atoms with Crippen LogP contribution in [-0.2, 0) is 0 Å². The number of piperazine rings is 1. The van der Waals surface area contributed by atoms with Crippen LogP contribution in [0.4, 0.5) is 4.39 Å². The fourth-order valence-corrected chi connectivity index (χ4v) is 4.38. The minimum atomic E-state index is -0.340. The van der Waals surface area contributed by atoms with Crippen molar-refractivity contribution in [3.63, 3.8) is 0 Å². The van der Waals surface area contributed by atoms with Crippen molar-refractivity contribution in [1.29, 1.82) is 0 Å². The molecule has 2 aliphatic rings. The molecule has 2 fully saturated rings. The van der Waals surface area contributed by atoms with Gasteiger partial charge in [0.2, 0.25) is 0 Å². The lowest BCUT2D eigenvalue weighted by Crippen LogP contribution is -2.58. The normalized spacial score (nSPS) is 23.0. The largest absolute Gasteiger partial charge is 0.493 e. The molecule has 2 atom stereocenters. The van der Waals surface area contributed by atoms with E-state index in [1.165, 1.54) is 6.07 Å². The number of fused-ring (bicyclic) bond motifs is 1. The van der Waals surface area contributed by atoms with Crippen LogP contribution in [0.15, 0.2) is 59.6 Å². The Kier molecular flexibility index (Phi) is 6.42. The Balaban J connectivity index is 1.36. The summed E-state index contributed by atoms with van der Waals surface area (Å²) < 4.78 is 20.3. The van der Waals surface area contributed by atoms with Gasteiger partial charge in [-0.1, -0.05) is 30.3 Å². The van der Waals surface area contributed by atoms with Gasteiger partial charge >= 0.3 is 0 Å². The first-order chi connectivity index (χ1) is 14.2. The van der Waals surface area contributed by atoms with Crippen molar-refractivity contribution in [1.82, 2.24) is 9.80 Å². The van der Waals surface area contributed by atoms with E-state index in [1.54, 1.807) is 18.2 Å². The molecule has 5 nitrogen and oxygen atoms in total. The number of aliphatic hydroxyl groups is 1. The van der Waals surface area contributed by atoms with Crippen LogP contribution in [-0.4, -0.2) is 66.3 Å². The smallest absolute Gasteiger partial charge is 0.136 e. The van der Waals surface area contributed by atoms with E-state index < -0.39 is 0 Å². The van der Waals surface area contributed by atoms with E-state index in [0.29, 0.717) is 23.4 Å². The number of hydrogen-bond acceptors (Lipinski definition) is 4. The van der Waals surface area contributed by atoms with Gasteiger partial charge in [0.1, 0.15) is 24.1 Å². The molecule has 0 bridgehead atoms. The summed E-state index contributed by atoms with van der Waals surface area (Å²) in [6, 6.07) is 17.0. The summed E-state index contributed by atoms with van der Waals surface area (Å²) in [5.41, 5.74) is 0.458. The molecule has 0 aliphatic carbocycles. The zero-order valence-electron chi connectivity index (χ0n) is 16.6. The van der Waals surface area contributed by atoms with Gasteiger partial charge in [0.15, 0.2) is 0 Å². The Bertz CT molecular complexity index is 830. The van der Waals surface area contributed by atoms with Gasteiger partial charge in [0, 0.05) is 38.1 Å². The van der Waals surface area contributed by atoms with E-state index in [-0.39, 0.29) is 12.5 Å². The average molecular weight is 397 g/mol. The molecule has 0 radical (unpaired) electrons. The Morgan fingerprint density at radius 3 is 2.62 bits per heavy atom. The topological polar surface area (TPSA) is 48.3 Å². The number of ether oxygens (including phenoxy) is 1. The maximum Gasteiger partial charge on any atom is 0.136 e. The molecule has 29 heavy (non-hydrogen) atoms. The second-order valence-electron chi connectivity index (χ2n) is 7.77. The van der Waals surface area contributed by atoms with Gasteiger partial charge in [-0.3, -0.25) is 4.90 Å². The number of rotatable bonds is 5.